The molecule has 148 valence electrons. The molecule has 0 aliphatic heterocycles. The molecule has 30 heavy (non-hydrogen) atoms. The van der Waals surface area contributed by atoms with Gasteiger partial charge in [-0.25, -0.2) is 0 Å². The highest BCUT2D eigenvalue weighted by Crippen LogP contribution is 2.31. The van der Waals surface area contributed by atoms with Crippen molar-refractivity contribution in [2.24, 2.45) is 0 Å². The minimum Gasteiger partial charge on any atom is -0.332 e. The van der Waals surface area contributed by atoms with Crippen LogP contribution >= 0.6 is 0 Å². The van der Waals surface area contributed by atoms with Crippen LogP contribution < -0.4 is 0 Å². The molecule has 0 amide bonds. The fraction of sp³-hybridized carbons (Fsp3) is 0.136. The normalized spacial score (nSPS) is 11.9. The summed E-state index contributed by atoms with van der Waals surface area (Å²) in [4.78, 5) is 14.1. The first kappa shape index (κ1) is 18.1. The first-order chi connectivity index (χ1) is 14.7. The van der Waals surface area contributed by atoms with Gasteiger partial charge in [0.15, 0.2) is 0 Å². The largest absolute Gasteiger partial charge is 0.332 e. The Balaban J connectivity index is 1.88. The molecule has 0 aliphatic rings. The van der Waals surface area contributed by atoms with Crippen LogP contribution in [0.1, 0.15) is 15.9 Å². The van der Waals surface area contributed by atoms with Gasteiger partial charge >= 0.3 is 5.85 Å². The number of carbonyl (C=O) groups is 1. The highest BCUT2D eigenvalue weighted by atomic mass is 16.5. The van der Waals surface area contributed by atoms with Gasteiger partial charge in [0.25, 0.3) is 0 Å². The Morgan fingerprint density at radius 2 is 1.30 bits per heavy atom. The fourth-order valence-corrected chi connectivity index (χ4v) is 3.74. The standard InChI is InChI=1S/C22H18N6O2/c1-15-9-3-4-10-16(15)21(29)22(30-2,27-19-13-7-5-11-17(19)23-25-27)28-20-14-8-6-12-18(20)24-26-28/h3-14H,1-2H3. The highest BCUT2D eigenvalue weighted by molar-refractivity contribution is 6.03. The average molecular weight is 398 g/mol. The van der Waals surface area contributed by atoms with Crippen molar-refractivity contribution in [2.45, 2.75) is 12.8 Å². The summed E-state index contributed by atoms with van der Waals surface area (Å²) >= 11 is 0. The molecule has 5 rings (SSSR count). The Kier molecular flexibility index (Phi) is 4.14. The van der Waals surface area contributed by atoms with Crippen molar-refractivity contribution in [3.63, 3.8) is 0 Å². The summed E-state index contributed by atoms with van der Waals surface area (Å²) in [5.74, 6) is -2.08. The number of methoxy groups -OCH3 is 1. The molecule has 8 heteroatoms. The van der Waals surface area contributed by atoms with Gasteiger partial charge in [-0.3, -0.25) is 4.79 Å². The van der Waals surface area contributed by atoms with Gasteiger partial charge in [0.1, 0.15) is 11.0 Å². The summed E-state index contributed by atoms with van der Waals surface area (Å²) < 4.78 is 8.93. The van der Waals surface area contributed by atoms with E-state index in [0.717, 1.165) is 5.56 Å². The monoisotopic (exact) mass is 398 g/mol. The number of nitrogens with zero attached hydrogens (tertiary/aromatic N) is 6. The Hall–Kier alpha value is -3.91. The average Bonchev–Trinajstić information content (AvgIpc) is 3.41. The lowest BCUT2D eigenvalue weighted by Crippen LogP contribution is -2.51. The van der Waals surface area contributed by atoms with E-state index in [0.29, 0.717) is 27.6 Å². The van der Waals surface area contributed by atoms with Crippen molar-refractivity contribution in [2.75, 3.05) is 7.11 Å². The van der Waals surface area contributed by atoms with E-state index in [4.69, 9.17) is 4.74 Å². The number of Topliss-reactive ketones (excluding diaryl/α,β-unsaturated/α-hetero) is 1. The van der Waals surface area contributed by atoms with Crippen LogP contribution in [0.5, 0.6) is 0 Å². The van der Waals surface area contributed by atoms with Crippen molar-refractivity contribution in [1.29, 1.82) is 0 Å². The van der Waals surface area contributed by atoms with Crippen LogP contribution in [-0.2, 0) is 10.6 Å². The molecule has 5 aromatic rings. The molecule has 0 fully saturated rings. The Labute approximate surface area is 171 Å². The lowest BCUT2D eigenvalue weighted by atomic mass is 10.0. The minimum absolute atomic E-state index is 0.325. The van der Waals surface area contributed by atoms with Crippen LogP contribution in [0.2, 0.25) is 0 Å². The maximum atomic E-state index is 14.1. The summed E-state index contributed by atoms with van der Waals surface area (Å²) in [5, 5.41) is 17.1. The van der Waals surface area contributed by atoms with Crippen molar-refractivity contribution >= 4 is 27.9 Å². The van der Waals surface area contributed by atoms with Crippen LogP contribution in [0.15, 0.2) is 72.8 Å². The number of hydrogen-bond acceptors (Lipinski definition) is 6. The minimum atomic E-state index is -1.75. The second-order valence-electron chi connectivity index (χ2n) is 6.94. The van der Waals surface area contributed by atoms with Gasteiger partial charge in [-0.1, -0.05) is 59.0 Å². The summed E-state index contributed by atoms with van der Waals surface area (Å²) in [6.45, 7) is 1.88. The Morgan fingerprint density at radius 1 is 0.800 bits per heavy atom. The van der Waals surface area contributed by atoms with E-state index >= 15 is 0 Å². The molecule has 0 atom stereocenters. The van der Waals surface area contributed by atoms with Crippen molar-refractivity contribution in [3.8, 4) is 0 Å². The predicted molar refractivity (Wildman–Crippen MR) is 111 cm³/mol. The van der Waals surface area contributed by atoms with Gasteiger partial charge in [0, 0.05) is 12.7 Å². The SMILES string of the molecule is COC(C(=O)c1ccccc1C)(n1nnc2ccccc21)n1nnc2ccccc21. The quantitative estimate of drug-likeness (QED) is 0.423. The van der Waals surface area contributed by atoms with Crippen LogP contribution in [0.4, 0.5) is 0 Å². The van der Waals surface area contributed by atoms with Gasteiger partial charge in [-0.15, -0.1) is 10.2 Å². The molecule has 0 saturated heterocycles. The molecule has 8 nitrogen and oxygen atoms in total. The molecule has 2 aromatic heterocycles. The number of ketones is 1. The third-order valence-corrected chi connectivity index (χ3v) is 5.25. The predicted octanol–water partition coefficient (Wildman–Crippen LogP) is 3.17. The zero-order valence-corrected chi connectivity index (χ0v) is 16.4. The maximum absolute atomic E-state index is 14.1. The first-order valence-electron chi connectivity index (χ1n) is 9.44. The molecule has 2 heterocycles. The Bertz CT molecular complexity index is 1310. The number of aryl methyl sites for hydroxylation is 1. The van der Waals surface area contributed by atoms with E-state index in [2.05, 4.69) is 20.6 Å². The lowest BCUT2D eigenvalue weighted by molar-refractivity contribution is -0.0828. The number of aromatic nitrogens is 6. The third kappa shape index (κ3) is 2.47. The van der Waals surface area contributed by atoms with Crippen LogP contribution in [0.3, 0.4) is 0 Å². The van der Waals surface area contributed by atoms with E-state index in [1.165, 1.54) is 16.5 Å². The third-order valence-electron chi connectivity index (χ3n) is 5.25. The number of hydrogen-bond donors (Lipinski definition) is 0. The number of rotatable bonds is 5. The molecule has 0 bridgehead atoms. The summed E-state index contributed by atoms with van der Waals surface area (Å²) in [6.07, 6.45) is 0. The highest BCUT2D eigenvalue weighted by Gasteiger charge is 2.48. The Morgan fingerprint density at radius 3 is 1.83 bits per heavy atom. The smallest absolute Gasteiger partial charge is 0.330 e. The van der Waals surface area contributed by atoms with Gasteiger partial charge in [-0.2, -0.15) is 9.36 Å². The molecule has 0 saturated carbocycles. The fourth-order valence-electron chi connectivity index (χ4n) is 3.74. The van der Waals surface area contributed by atoms with Crippen molar-refractivity contribution in [3.05, 3.63) is 83.9 Å². The van der Waals surface area contributed by atoms with E-state index < -0.39 is 5.85 Å². The first-order valence-corrected chi connectivity index (χ1v) is 9.44. The number of ether oxygens (including phenoxy) is 1. The summed E-state index contributed by atoms with van der Waals surface area (Å²) in [7, 11) is 1.46. The second-order valence-corrected chi connectivity index (χ2v) is 6.94. The van der Waals surface area contributed by atoms with Crippen LogP contribution in [-0.4, -0.2) is 42.9 Å². The molecule has 3 aromatic carbocycles. The number of carbonyl (C=O) groups excluding carboxylic acids is 1. The molecular weight excluding hydrogens is 380 g/mol. The van der Waals surface area contributed by atoms with Crippen molar-refractivity contribution < 1.29 is 9.53 Å². The maximum Gasteiger partial charge on any atom is 0.330 e. The van der Waals surface area contributed by atoms with Crippen LogP contribution in [0.25, 0.3) is 22.1 Å². The van der Waals surface area contributed by atoms with Crippen molar-refractivity contribution in [1.82, 2.24) is 30.0 Å². The lowest BCUT2D eigenvalue weighted by Gasteiger charge is -2.31. The van der Waals surface area contributed by atoms with Gasteiger partial charge in [0.2, 0.25) is 5.78 Å². The number of benzene rings is 3. The summed E-state index contributed by atoms with van der Waals surface area (Å²) in [5.41, 5.74) is 3.87. The molecule has 0 spiro atoms. The molecule has 0 unspecified atom stereocenters. The molecule has 0 N–H and O–H groups in total. The molecule has 0 radical (unpaired) electrons. The zero-order chi connectivity index (χ0) is 20.7. The summed E-state index contributed by atoms with van der Waals surface area (Å²) in [6, 6.07) is 22.1. The van der Waals surface area contributed by atoms with Gasteiger partial charge in [-0.05, 0) is 36.8 Å². The van der Waals surface area contributed by atoms with Gasteiger partial charge in [0.05, 0.1) is 11.0 Å². The topological polar surface area (TPSA) is 87.7 Å². The zero-order valence-electron chi connectivity index (χ0n) is 16.4. The van der Waals surface area contributed by atoms with E-state index in [1.54, 1.807) is 6.07 Å². The number of fused-ring (bicyclic) bond motifs is 2. The van der Waals surface area contributed by atoms with E-state index in [1.807, 2.05) is 73.7 Å². The van der Waals surface area contributed by atoms with E-state index in [9.17, 15) is 4.79 Å². The molecular formula is C22H18N6O2. The van der Waals surface area contributed by atoms with E-state index in [-0.39, 0.29) is 5.78 Å². The van der Waals surface area contributed by atoms with Crippen LogP contribution in [0, 0.1) is 6.92 Å². The molecule has 0 aliphatic carbocycles. The number of para-hydroxylation sites is 2. The second kappa shape index (κ2) is 6.85. The van der Waals surface area contributed by atoms with Gasteiger partial charge < -0.3 is 4.74 Å².